The lowest BCUT2D eigenvalue weighted by Crippen LogP contribution is -2.19. The normalized spacial score (nSPS) is 19.5. The maximum absolute atomic E-state index is 4.22. The molecule has 0 aliphatic heterocycles. The zero-order valence-electron chi connectivity index (χ0n) is 14.3. The number of hydrogen-bond donors (Lipinski definition) is 0. The topological polar surface area (TPSA) is 17.8 Å². The van der Waals surface area contributed by atoms with Crippen LogP contribution in [-0.4, -0.2) is 8.94 Å². The molecule has 0 radical (unpaired) electrons. The maximum Gasteiger partial charge on any atom is 0.0656 e. The highest BCUT2D eigenvalue weighted by molar-refractivity contribution is 7.08. The smallest absolute Gasteiger partial charge is 0.0656 e. The van der Waals surface area contributed by atoms with Gasteiger partial charge in [0.2, 0.25) is 0 Å². The molecule has 2 aromatic rings. The summed E-state index contributed by atoms with van der Waals surface area (Å²) in [5.74, 6) is 1.19. The summed E-state index contributed by atoms with van der Waals surface area (Å²) in [4.78, 5) is 5.76. The minimum Gasteiger partial charge on any atom is -0.300 e. The van der Waals surface area contributed by atoms with E-state index in [2.05, 4.69) is 42.0 Å². The Kier molecular flexibility index (Phi) is 6.90. The fourth-order valence-corrected chi connectivity index (χ4v) is 3.57. The number of aryl methyl sites for hydroxylation is 1. The number of aromatic nitrogens is 2. The van der Waals surface area contributed by atoms with Crippen LogP contribution in [0.3, 0.4) is 0 Å². The van der Waals surface area contributed by atoms with Crippen molar-refractivity contribution >= 4 is 23.2 Å². The largest absolute Gasteiger partial charge is 0.300 e. The van der Waals surface area contributed by atoms with Gasteiger partial charge in [-0.05, 0) is 29.2 Å². The number of nitrogens with zero attached hydrogens (tertiary/aromatic N) is 2. The van der Waals surface area contributed by atoms with E-state index in [1.807, 2.05) is 57.7 Å². The third-order valence-electron chi connectivity index (χ3n) is 3.77. The highest BCUT2D eigenvalue weighted by Gasteiger charge is 2.30. The van der Waals surface area contributed by atoms with Gasteiger partial charge in [-0.15, -0.1) is 0 Å². The van der Waals surface area contributed by atoms with Crippen LogP contribution in [-0.2, 0) is 7.05 Å². The van der Waals surface area contributed by atoms with Crippen LogP contribution in [0.25, 0.3) is 11.6 Å². The van der Waals surface area contributed by atoms with Gasteiger partial charge in [-0.2, -0.15) is 0 Å². The van der Waals surface area contributed by atoms with Crippen molar-refractivity contribution in [2.75, 3.05) is 0 Å². The van der Waals surface area contributed by atoms with E-state index in [4.69, 9.17) is 0 Å². The van der Waals surface area contributed by atoms with Gasteiger partial charge in [0.25, 0.3) is 0 Å². The predicted octanol–water partition coefficient (Wildman–Crippen LogP) is 5.83. The molecule has 0 spiro atoms. The Balaban J connectivity index is 0.000000510. The van der Waals surface area contributed by atoms with Gasteiger partial charge in [-0.1, -0.05) is 59.1 Å². The molecule has 3 rings (SSSR count). The first-order valence-corrected chi connectivity index (χ1v) is 8.73. The van der Waals surface area contributed by atoms with Crippen molar-refractivity contribution in [3.8, 4) is 0 Å². The van der Waals surface area contributed by atoms with Gasteiger partial charge >= 0.3 is 0 Å². The zero-order chi connectivity index (χ0) is 16.0. The van der Waals surface area contributed by atoms with Gasteiger partial charge in [0.15, 0.2) is 0 Å². The molecular weight excluding hydrogens is 276 g/mol. The summed E-state index contributed by atoms with van der Waals surface area (Å²) < 4.78 is 2.24. The van der Waals surface area contributed by atoms with E-state index in [1.54, 1.807) is 0 Å². The van der Waals surface area contributed by atoms with E-state index in [1.165, 1.54) is 21.7 Å². The second kappa shape index (κ2) is 8.18. The number of rotatable bonds is 1. The lowest BCUT2D eigenvalue weighted by molar-refractivity contribution is 0.599. The van der Waals surface area contributed by atoms with E-state index in [0.29, 0.717) is 11.8 Å². The van der Waals surface area contributed by atoms with Crippen molar-refractivity contribution in [3.63, 3.8) is 0 Å². The van der Waals surface area contributed by atoms with E-state index in [0.717, 1.165) is 0 Å². The van der Waals surface area contributed by atoms with Crippen molar-refractivity contribution in [2.45, 2.75) is 47.5 Å². The third-order valence-corrected chi connectivity index (χ3v) is 5.02. The molecule has 1 aliphatic rings. The lowest BCUT2D eigenvalue weighted by atomic mass is 9.80. The summed E-state index contributed by atoms with van der Waals surface area (Å²) in [6, 6.07) is 4.16. The quantitative estimate of drug-likeness (QED) is 0.648. The fraction of sp³-hybridized carbons (Fsp3) is 0.500. The zero-order valence-corrected chi connectivity index (χ0v) is 15.2. The summed E-state index contributed by atoms with van der Waals surface area (Å²) >= 11 is 1.87. The number of allylic oxidation sites excluding steroid dienone is 1. The fourth-order valence-electron chi connectivity index (χ4n) is 2.49. The number of fused-ring (bicyclic) bond motifs is 1. The summed E-state index contributed by atoms with van der Waals surface area (Å²) in [7, 11) is 2.13. The molecular formula is C18H28N2S. The molecule has 2 nitrogen and oxygen atoms in total. The average Bonchev–Trinajstić information content (AvgIpc) is 2.55. The average molecular weight is 305 g/mol. The minimum absolute atomic E-state index is 0.569. The van der Waals surface area contributed by atoms with Crippen molar-refractivity contribution in [1.82, 2.24) is 8.94 Å². The van der Waals surface area contributed by atoms with Crippen LogP contribution in [0.15, 0.2) is 24.5 Å². The van der Waals surface area contributed by atoms with Gasteiger partial charge in [-0.3, -0.25) is 8.94 Å². The molecule has 3 heteroatoms. The molecule has 21 heavy (non-hydrogen) atoms. The molecule has 0 saturated heterocycles. The van der Waals surface area contributed by atoms with E-state index in [9.17, 15) is 0 Å². The molecule has 2 aromatic heterocycles. The van der Waals surface area contributed by atoms with Gasteiger partial charge < -0.3 is 0 Å². The number of pyridine rings is 1. The van der Waals surface area contributed by atoms with Crippen LogP contribution in [0.5, 0.6) is 0 Å². The molecule has 116 valence electrons. The SMILES string of the molecule is CC.CC.CC1C(c2cccnc2)=Cc2c(sn2C)C1C. The third kappa shape index (κ3) is 3.46. The Morgan fingerprint density at radius 3 is 2.29 bits per heavy atom. The van der Waals surface area contributed by atoms with E-state index >= 15 is 0 Å². The van der Waals surface area contributed by atoms with Crippen LogP contribution in [0.1, 0.15) is 63.6 Å². The Labute approximate surface area is 133 Å². The molecule has 0 amide bonds. The van der Waals surface area contributed by atoms with Gasteiger partial charge in [0, 0.05) is 30.2 Å². The number of hydrogen-bond acceptors (Lipinski definition) is 2. The van der Waals surface area contributed by atoms with Crippen LogP contribution in [0.4, 0.5) is 0 Å². The van der Waals surface area contributed by atoms with Crippen LogP contribution < -0.4 is 0 Å². The Bertz CT molecular complexity index is 563. The van der Waals surface area contributed by atoms with Crippen molar-refractivity contribution < 1.29 is 0 Å². The molecule has 1 aliphatic carbocycles. The van der Waals surface area contributed by atoms with Crippen LogP contribution >= 0.6 is 11.5 Å². The first-order chi connectivity index (χ1) is 10.2. The molecule has 0 N–H and O–H groups in total. The molecule has 0 aromatic carbocycles. The van der Waals surface area contributed by atoms with Gasteiger partial charge in [-0.25, -0.2) is 0 Å². The maximum atomic E-state index is 4.22. The highest BCUT2D eigenvalue weighted by atomic mass is 32.1. The monoisotopic (exact) mass is 304 g/mol. The molecule has 0 saturated carbocycles. The second-order valence-corrected chi connectivity index (χ2v) is 5.93. The molecule has 0 bridgehead atoms. The van der Waals surface area contributed by atoms with Crippen LogP contribution in [0, 0.1) is 5.92 Å². The Hall–Kier alpha value is -1.35. The highest BCUT2D eigenvalue weighted by Crippen LogP contribution is 2.45. The Morgan fingerprint density at radius 1 is 1.10 bits per heavy atom. The summed E-state index contributed by atoms with van der Waals surface area (Å²) in [5.41, 5.74) is 4.06. The standard InChI is InChI=1S/C14H16N2S.2C2H6/c1-9-10(2)14-13(16(3)17-14)7-12(9)11-5-4-6-15-8-11;2*1-2/h4-10H,1-3H3;2*1-2H3. The summed E-state index contributed by atoms with van der Waals surface area (Å²) in [6.07, 6.45) is 6.12. The van der Waals surface area contributed by atoms with Crippen LogP contribution in [0.2, 0.25) is 0 Å². The van der Waals surface area contributed by atoms with Crippen molar-refractivity contribution in [1.29, 1.82) is 0 Å². The summed E-state index contributed by atoms with van der Waals surface area (Å²) in [6.45, 7) is 12.6. The van der Waals surface area contributed by atoms with Gasteiger partial charge in [0.05, 0.1) is 5.69 Å². The lowest BCUT2D eigenvalue weighted by Gasteiger charge is -2.32. The molecule has 2 heterocycles. The van der Waals surface area contributed by atoms with E-state index < -0.39 is 0 Å². The summed E-state index contributed by atoms with van der Waals surface area (Å²) in [5, 5.41) is 0. The van der Waals surface area contributed by atoms with Crippen molar-refractivity contribution in [2.24, 2.45) is 13.0 Å². The predicted molar refractivity (Wildman–Crippen MR) is 95.7 cm³/mol. The van der Waals surface area contributed by atoms with E-state index in [-0.39, 0.29) is 0 Å². The second-order valence-electron chi connectivity index (χ2n) is 4.76. The molecule has 0 fully saturated rings. The molecule has 2 unspecified atom stereocenters. The first kappa shape index (κ1) is 17.7. The molecule has 2 atom stereocenters. The first-order valence-electron chi connectivity index (χ1n) is 7.96. The van der Waals surface area contributed by atoms with Gasteiger partial charge in [0.1, 0.15) is 0 Å². The Morgan fingerprint density at radius 2 is 1.76 bits per heavy atom. The minimum atomic E-state index is 0.569. The van der Waals surface area contributed by atoms with Crippen molar-refractivity contribution in [3.05, 3.63) is 40.7 Å².